The lowest BCUT2D eigenvalue weighted by atomic mass is 10.1. The van der Waals surface area contributed by atoms with E-state index in [4.69, 9.17) is 10.5 Å². The molecule has 4 N–H and O–H groups in total. The van der Waals surface area contributed by atoms with Crippen LogP contribution in [0.4, 0.5) is 5.69 Å². The van der Waals surface area contributed by atoms with Crippen LogP contribution in [0.15, 0.2) is 59.6 Å². The maximum atomic E-state index is 11.5. The van der Waals surface area contributed by atoms with Crippen LogP contribution in [0.2, 0.25) is 0 Å². The maximum Gasteiger partial charge on any atom is 0.208 e. The third-order valence-electron chi connectivity index (χ3n) is 4.61. The van der Waals surface area contributed by atoms with E-state index >= 15 is 0 Å². The van der Waals surface area contributed by atoms with E-state index in [2.05, 4.69) is 15.0 Å². The minimum atomic E-state index is -3.22. The van der Waals surface area contributed by atoms with E-state index < -0.39 is 10.0 Å². The number of anilines is 1. The molecule has 28 heavy (non-hydrogen) atoms. The molecule has 2 aromatic rings. The Balaban J connectivity index is 1.58. The number of sulfonamides is 1. The van der Waals surface area contributed by atoms with Gasteiger partial charge in [-0.05, 0) is 43.0 Å². The van der Waals surface area contributed by atoms with Gasteiger partial charge in [-0.3, -0.25) is 4.99 Å². The highest BCUT2D eigenvalue weighted by Gasteiger charge is 2.29. The molecular formula is C20H26N4O3S. The van der Waals surface area contributed by atoms with Crippen molar-refractivity contribution in [3.63, 3.8) is 0 Å². The number of nitrogens with two attached hydrogens (primary N) is 1. The summed E-state index contributed by atoms with van der Waals surface area (Å²) in [6.07, 6.45) is 3.94. The maximum absolute atomic E-state index is 11.5. The first-order chi connectivity index (χ1) is 13.4. The van der Waals surface area contributed by atoms with Gasteiger partial charge in [0.25, 0.3) is 0 Å². The van der Waals surface area contributed by atoms with Gasteiger partial charge in [-0.15, -0.1) is 0 Å². The molecule has 0 radical (unpaired) electrons. The lowest BCUT2D eigenvalue weighted by Crippen LogP contribution is -2.38. The van der Waals surface area contributed by atoms with Crippen LogP contribution in [0.3, 0.4) is 0 Å². The second-order valence-electron chi connectivity index (χ2n) is 6.98. The quantitative estimate of drug-likeness (QED) is 0.488. The molecule has 0 saturated heterocycles. The second-order valence-corrected chi connectivity index (χ2v) is 8.76. The van der Waals surface area contributed by atoms with Gasteiger partial charge < -0.3 is 15.8 Å². The summed E-state index contributed by atoms with van der Waals surface area (Å²) in [4.78, 5) is 4.40. The Hall–Kier alpha value is -2.58. The molecule has 1 fully saturated rings. The Morgan fingerprint density at radius 1 is 1.14 bits per heavy atom. The highest BCUT2D eigenvalue weighted by Crippen LogP contribution is 2.27. The average molecular weight is 403 g/mol. The number of guanidine groups is 1. The molecular weight excluding hydrogens is 376 g/mol. The fraction of sp³-hybridized carbons (Fsp3) is 0.350. The van der Waals surface area contributed by atoms with Crippen molar-refractivity contribution in [1.82, 2.24) is 4.72 Å². The van der Waals surface area contributed by atoms with Gasteiger partial charge >= 0.3 is 0 Å². The minimum absolute atomic E-state index is 0.0749. The van der Waals surface area contributed by atoms with Crippen molar-refractivity contribution in [2.24, 2.45) is 16.6 Å². The summed E-state index contributed by atoms with van der Waals surface area (Å²) in [7, 11) is -3.22. The summed E-state index contributed by atoms with van der Waals surface area (Å²) in [5.74, 6) is 1.90. The van der Waals surface area contributed by atoms with Crippen molar-refractivity contribution < 1.29 is 13.2 Å². The lowest BCUT2D eigenvalue weighted by Gasteiger charge is -2.18. The Kier molecular flexibility index (Phi) is 6.53. The lowest BCUT2D eigenvalue weighted by molar-refractivity contribution is 0.455. The van der Waals surface area contributed by atoms with Crippen LogP contribution in [0, 0.1) is 5.92 Å². The Morgan fingerprint density at radius 3 is 2.64 bits per heavy atom. The van der Waals surface area contributed by atoms with Crippen LogP contribution in [-0.2, 0) is 10.0 Å². The van der Waals surface area contributed by atoms with Gasteiger partial charge in [-0.1, -0.05) is 30.7 Å². The number of hydrogen-bond donors (Lipinski definition) is 3. The minimum Gasteiger partial charge on any atom is -0.457 e. The Morgan fingerprint density at radius 2 is 1.89 bits per heavy atom. The second kappa shape index (κ2) is 9.07. The third kappa shape index (κ3) is 6.24. The number of ether oxygens (including phenoxy) is 1. The summed E-state index contributed by atoms with van der Waals surface area (Å²) in [6.45, 7) is 0.478. The zero-order valence-corrected chi connectivity index (χ0v) is 16.7. The largest absolute Gasteiger partial charge is 0.457 e. The zero-order chi connectivity index (χ0) is 20.0. The van der Waals surface area contributed by atoms with Crippen LogP contribution >= 0.6 is 0 Å². The molecule has 0 amide bonds. The van der Waals surface area contributed by atoms with Crippen molar-refractivity contribution in [1.29, 1.82) is 0 Å². The van der Waals surface area contributed by atoms with Gasteiger partial charge in [-0.2, -0.15) is 0 Å². The molecule has 0 bridgehead atoms. The molecule has 1 aliphatic rings. The summed E-state index contributed by atoms with van der Waals surface area (Å²) in [5.41, 5.74) is 6.79. The number of benzene rings is 2. The predicted octanol–water partition coefficient (Wildman–Crippen LogP) is 2.92. The average Bonchev–Trinajstić information content (AvgIpc) is 3.06. The molecule has 2 unspecified atom stereocenters. The summed E-state index contributed by atoms with van der Waals surface area (Å²) >= 11 is 0. The standard InChI is InChI=1S/C20H26N4O3S/c1-28(25,26)24-19-12-5-7-15(19)14-22-20(21)23-16-8-6-11-18(13-16)27-17-9-3-2-4-10-17/h2-4,6,8-11,13,15,19,24H,5,7,12,14H2,1H3,(H3,21,22,23). The fourth-order valence-electron chi connectivity index (χ4n) is 3.35. The van der Waals surface area contributed by atoms with Crippen molar-refractivity contribution in [2.45, 2.75) is 25.3 Å². The first-order valence-electron chi connectivity index (χ1n) is 9.26. The van der Waals surface area contributed by atoms with E-state index in [-0.39, 0.29) is 12.0 Å². The molecule has 0 heterocycles. The van der Waals surface area contributed by atoms with E-state index in [1.54, 1.807) is 0 Å². The predicted molar refractivity (Wildman–Crippen MR) is 112 cm³/mol. The molecule has 3 rings (SSSR count). The van der Waals surface area contributed by atoms with Gasteiger partial charge in [0.1, 0.15) is 11.5 Å². The number of nitrogens with zero attached hydrogens (tertiary/aromatic N) is 1. The normalized spacial score (nSPS) is 20.1. The molecule has 2 aromatic carbocycles. The molecule has 7 nitrogen and oxygen atoms in total. The molecule has 1 aliphatic carbocycles. The molecule has 0 aliphatic heterocycles. The van der Waals surface area contributed by atoms with Gasteiger partial charge in [0.05, 0.1) is 6.26 Å². The van der Waals surface area contributed by atoms with Gasteiger partial charge in [0.15, 0.2) is 5.96 Å². The molecule has 2 atom stereocenters. The molecule has 150 valence electrons. The van der Waals surface area contributed by atoms with Crippen LogP contribution in [0.1, 0.15) is 19.3 Å². The monoisotopic (exact) mass is 402 g/mol. The molecule has 0 aromatic heterocycles. The number of rotatable bonds is 7. The van der Waals surface area contributed by atoms with Crippen LogP contribution in [-0.4, -0.2) is 33.2 Å². The van der Waals surface area contributed by atoms with Crippen molar-refractivity contribution >= 4 is 21.7 Å². The smallest absolute Gasteiger partial charge is 0.208 e. The number of nitrogens with one attached hydrogen (secondary N) is 2. The topological polar surface area (TPSA) is 106 Å². The van der Waals surface area contributed by atoms with Gasteiger partial charge in [-0.25, -0.2) is 13.1 Å². The fourth-order valence-corrected chi connectivity index (χ4v) is 4.21. The summed E-state index contributed by atoms with van der Waals surface area (Å²) < 4.78 is 31.5. The number of para-hydroxylation sites is 1. The highest BCUT2D eigenvalue weighted by molar-refractivity contribution is 7.88. The SMILES string of the molecule is CS(=O)(=O)NC1CCCC1CN=C(N)Nc1cccc(Oc2ccccc2)c1. The summed E-state index contributed by atoms with van der Waals surface area (Å²) in [5, 5.41) is 3.06. The van der Waals surface area contributed by atoms with Crippen molar-refractivity contribution in [2.75, 3.05) is 18.1 Å². The van der Waals surface area contributed by atoms with Crippen molar-refractivity contribution in [3.8, 4) is 11.5 Å². The van der Waals surface area contributed by atoms with E-state index in [0.29, 0.717) is 18.3 Å². The van der Waals surface area contributed by atoms with E-state index in [0.717, 1.165) is 30.7 Å². The van der Waals surface area contributed by atoms with Crippen LogP contribution in [0.5, 0.6) is 11.5 Å². The first kappa shape index (κ1) is 20.2. The van der Waals surface area contributed by atoms with Gasteiger partial charge in [0, 0.05) is 24.3 Å². The number of aliphatic imine (C=N–C) groups is 1. The van der Waals surface area contributed by atoms with E-state index in [9.17, 15) is 8.42 Å². The van der Waals surface area contributed by atoms with Crippen LogP contribution in [0.25, 0.3) is 0 Å². The summed E-state index contributed by atoms with van der Waals surface area (Å²) in [6, 6.07) is 16.9. The molecule has 8 heteroatoms. The molecule has 1 saturated carbocycles. The van der Waals surface area contributed by atoms with Crippen molar-refractivity contribution in [3.05, 3.63) is 54.6 Å². The Bertz CT molecular complexity index is 916. The third-order valence-corrected chi connectivity index (χ3v) is 5.34. The number of hydrogen-bond acceptors (Lipinski definition) is 4. The van der Waals surface area contributed by atoms with Gasteiger partial charge in [0.2, 0.25) is 10.0 Å². The first-order valence-corrected chi connectivity index (χ1v) is 11.2. The van der Waals surface area contributed by atoms with E-state index in [1.165, 1.54) is 6.26 Å². The Labute approximate surface area is 166 Å². The van der Waals surface area contributed by atoms with Crippen LogP contribution < -0.4 is 20.5 Å². The van der Waals surface area contributed by atoms with E-state index in [1.807, 2.05) is 54.6 Å². The molecule has 0 spiro atoms. The zero-order valence-electron chi connectivity index (χ0n) is 15.8. The highest BCUT2D eigenvalue weighted by atomic mass is 32.2.